The van der Waals surface area contributed by atoms with Crippen LogP contribution >= 0.6 is 0 Å². The predicted molar refractivity (Wildman–Crippen MR) is 75.9 cm³/mol. The third-order valence-electron chi connectivity index (χ3n) is 4.84. The van der Waals surface area contributed by atoms with Crippen LogP contribution in [0.1, 0.15) is 26.2 Å². The van der Waals surface area contributed by atoms with Gasteiger partial charge in [-0.3, -0.25) is 4.79 Å². The molecule has 21 heavy (non-hydrogen) atoms. The highest BCUT2D eigenvalue weighted by molar-refractivity contribution is 5.95. The molecule has 2 atom stereocenters. The lowest BCUT2D eigenvalue weighted by Crippen LogP contribution is -2.61. The average molecular weight is 294 g/mol. The van der Waals surface area contributed by atoms with Crippen LogP contribution in [-0.2, 0) is 9.53 Å². The number of likely N-dealkylation sites (N-methyl/N-ethyl adjacent to an activating group) is 1. The van der Waals surface area contributed by atoms with E-state index in [1.165, 1.54) is 7.11 Å². The predicted octanol–water partition coefficient (Wildman–Crippen LogP) is 0.182. The summed E-state index contributed by atoms with van der Waals surface area (Å²) in [6.07, 6.45) is 3.17. The Labute approximate surface area is 124 Å². The number of aliphatic hydroxyl groups is 2. The van der Waals surface area contributed by atoms with Crippen molar-refractivity contribution in [2.45, 2.75) is 37.8 Å². The fourth-order valence-corrected chi connectivity index (χ4v) is 3.86. The van der Waals surface area contributed by atoms with Crippen molar-refractivity contribution in [1.82, 2.24) is 9.80 Å². The third kappa shape index (κ3) is 1.89. The van der Waals surface area contributed by atoms with Gasteiger partial charge >= 0.3 is 0 Å². The van der Waals surface area contributed by atoms with Crippen LogP contribution in [-0.4, -0.2) is 64.4 Å². The molecule has 3 heterocycles. The number of nitrogens with zero attached hydrogens (tertiary/aromatic N) is 2. The molecular weight excluding hydrogens is 272 g/mol. The van der Waals surface area contributed by atoms with Crippen LogP contribution in [0.25, 0.3) is 0 Å². The molecule has 0 aliphatic carbocycles. The van der Waals surface area contributed by atoms with Crippen LogP contribution in [0.5, 0.6) is 0 Å². The van der Waals surface area contributed by atoms with Gasteiger partial charge in [0.15, 0.2) is 5.76 Å². The first-order chi connectivity index (χ1) is 10.1. The molecule has 2 saturated heterocycles. The molecule has 2 N–H and O–H groups in total. The number of rotatable bonds is 4. The number of hydrogen-bond acceptors (Lipinski definition) is 5. The van der Waals surface area contributed by atoms with Gasteiger partial charge in [0.2, 0.25) is 0 Å². The van der Waals surface area contributed by atoms with E-state index in [1.807, 2.05) is 11.8 Å². The second kappa shape index (κ2) is 5.03. The first-order valence-corrected chi connectivity index (χ1v) is 7.45. The van der Waals surface area contributed by atoms with E-state index in [2.05, 4.69) is 0 Å². The van der Waals surface area contributed by atoms with E-state index < -0.39 is 6.10 Å². The zero-order chi connectivity index (χ0) is 15.2. The highest BCUT2D eigenvalue weighted by Crippen LogP contribution is 2.48. The number of carbonyl (C=O) groups is 1. The van der Waals surface area contributed by atoms with Crippen molar-refractivity contribution < 1.29 is 19.7 Å². The molecule has 0 bridgehead atoms. The molecule has 3 rings (SSSR count). The van der Waals surface area contributed by atoms with E-state index >= 15 is 0 Å². The van der Waals surface area contributed by atoms with Gasteiger partial charge in [0, 0.05) is 25.4 Å². The molecule has 1 amide bonds. The van der Waals surface area contributed by atoms with Crippen molar-refractivity contribution in [3.05, 3.63) is 23.2 Å². The summed E-state index contributed by atoms with van der Waals surface area (Å²) < 4.78 is 5.32. The van der Waals surface area contributed by atoms with Crippen LogP contribution in [0.15, 0.2) is 23.2 Å². The fourth-order valence-electron chi connectivity index (χ4n) is 3.86. The number of methoxy groups -OCH3 is 1. The van der Waals surface area contributed by atoms with Gasteiger partial charge in [-0.2, -0.15) is 0 Å². The van der Waals surface area contributed by atoms with E-state index in [9.17, 15) is 15.0 Å². The molecule has 0 aromatic carbocycles. The summed E-state index contributed by atoms with van der Waals surface area (Å²) >= 11 is 0. The molecule has 0 saturated carbocycles. The average Bonchev–Trinajstić information content (AvgIpc) is 2.81. The molecule has 2 fully saturated rings. The second-order valence-electron chi connectivity index (χ2n) is 5.87. The van der Waals surface area contributed by atoms with Gasteiger partial charge in [0.05, 0.1) is 12.6 Å². The van der Waals surface area contributed by atoms with Crippen LogP contribution < -0.4 is 0 Å². The lowest BCUT2D eigenvalue weighted by Gasteiger charge is -2.50. The SMILES string of the molecule is CCN1CC2(CCO)CCC3=CC(O)C(OC)=C(C1=O)N32. The maximum atomic E-state index is 12.7. The van der Waals surface area contributed by atoms with Crippen LogP contribution in [0.2, 0.25) is 0 Å². The zero-order valence-electron chi connectivity index (χ0n) is 12.5. The number of aliphatic hydroxyl groups excluding tert-OH is 2. The minimum Gasteiger partial charge on any atom is -0.496 e. The molecule has 0 aromatic rings. The van der Waals surface area contributed by atoms with Crippen molar-refractivity contribution in [3.8, 4) is 0 Å². The summed E-state index contributed by atoms with van der Waals surface area (Å²) in [5.41, 5.74) is 1.14. The topological polar surface area (TPSA) is 73.2 Å². The number of ether oxygens (including phenoxy) is 1. The smallest absolute Gasteiger partial charge is 0.274 e. The molecule has 6 heteroatoms. The molecule has 0 radical (unpaired) electrons. The summed E-state index contributed by atoms with van der Waals surface area (Å²) in [7, 11) is 1.48. The van der Waals surface area contributed by atoms with Gasteiger partial charge in [-0.25, -0.2) is 0 Å². The molecule has 0 spiro atoms. The Hall–Kier alpha value is -1.53. The van der Waals surface area contributed by atoms with Gasteiger partial charge in [0.1, 0.15) is 11.8 Å². The van der Waals surface area contributed by atoms with E-state index in [4.69, 9.17) is 4.74 Å². The number of hydrogen-bond donors (Lipinski definition) is 2. The van der Waals surface area contributed by atoms with Gasteiger partial charge < -0.3 is 24.7 Å². The van der Waals surface area contributed by atoms with Crippen molar-refractivity contribution in [2.24, 2.45) is 0 Å². The maximum Gasteiger partial charge on any atom is 0.274 e. The van der Waals surface area contributed by atoms with Crippen molar-refractivity contribution >= 4 is 5.91 Å². The Kier molecular flexibility index (Phi) is 3.45. The van der Waals surface area contributed by atoms with Gasteiger partial charge in [-0.15, -0.1) is 0 Å². The summed E-state index contributed by atoms with van der Waals surface area (Å²) in [5, 5.41) is 19.7. The molecule has 3 aliphatic heterocycles. The summed E-state index contributed by atoms with van der Waals surface area (Å²) in [4.78, 5) is 16.5. The van der Waals surface area contributed by atoms with Crippen molar-refractivity contribution in [1.29, 1.82) is 0 Å². The number of allylic oxidation sites excluding steroid dienone is 1. The number of carbonyl (C=O) groups excluding carboxylic acids is 1. The van der Waals surface area contributed by atoms with Gasteiger partial charge in [-0.05, 0) is 32.3 Å². The summed E-state index contributed by atoms with van der Waals surface area (Å²) in [5.74, 6) is 0.209. The van der Waals surface area contributed by atoms with E-state index in [0.29, 0.717) is 31.0 Å². The fraction of sp³-hybridized carbons (Fsp3) is 0.667. The Balaban J connectivity index is 2.15. The zero-order valence-corrected chi connectivity index (χ0v) is 12.5. The van der Waals surface area contributed by atoms with Crippen LogP contribution in [0, 0.1) is 0 Å². The normalized spacial score (nSPS) is 31.5. The Morgan fingerprint density at radius 1 is 1.52 bits per heavy atom. The minimum atomic E-state index is -0.873. The van der Waals surface area contributed by atoms with Crippen molar-refractivity contribution in [2.75, 3.05) is 26.8 Å². The quantitative estimate of drug-likeness (QED) is 0.774. The lowest BCUT2D eigenvalue weighted by atomic mass is 9.88. The van der Waals surface area contributed by atoms with Crippen LogP contribution in [0.4, 0.5) is 0 Å². The van der Waals surface area contributed by atoms with E-state index in [-0.39, 0.29) is 18.1 Å². The Bertz CT molecular complexity index is 528. The molecule has 116 valence electrons. The Morgan fingerprint density at radius 3 is 2.90 bits per heavy atom. The molecule has 6 nitrogen and oxygen atoms in total. The standard InChI is InChI=1S/C15H22N2O4/c1-3-16-9-15(6-7-18)5-4-10-8-11(19)13(21-2)12(14(16)20)17(10)15/h8,11,18-19H,3-7,9H2,1-2H3. The third-order valence-corrected chi connectivity index (χ3v) is 4.84. The lowest BCUT2D eigenvalue weighted by molar-refractivity contribution is -0.136. The summed E-state index contributed by atoms with van der Waals surface area (Å²) in [6.45, 7) is 3.23. The second-order valence-corrected chi connectivity index (χ2v) is 5.87. The first kappa shape index (κ1) is 14.4. The first-order valence-electron chi connectivity index (χ1n) is 7.45. The molecule has 0 aromatic heterocycles. The largest absolute Gasteiger partial charge is 0.496 e. The highest BCUT2D eigenvalue weighted by atomic mass is 16.5. The minimum absolute atomic E-state index is 0.0771. The monoisotopic (exact) mass is 294 g/mol. The summed E-state index contributed by atoms with van der Waals surface area (Å²) in [6, 6.07) is 0. The van der Waals surface area contributed by atoms with Crippen LogP contribution in [0.3, 0.4) is 0 Å². The van der Waals surface area contributed by atoms with E-state index in [1.54, 1.807) is 11.0 Å². The number of piperazine rings is 1. The number of amides is 1. The maximum absolute atomic E-state index is 12.7. The Morgan fingerprint density at radius 2 is 2.29 bits per heavy atom. The van der Waals surface area contributed by atoms with Crippen molar-refractivity contribution in [3.63, 3.8) is 0 Å². The molecule has 2 unspecified atom stereocenters. The van der Waals surface area contributed by atoms with Gasteiger partial charge in [0.25, 0.3) is 5.91 Å². The highest BCUT2D eigenvalue weighted by Gasteiger charge is 2.54. The molecule has 3 aliphatic rings. The molecular formula is C15H22N2O4. The van der Waals surface area contributed by atoms with Gasteiger partial charge in [-0.1, -0.05) is 0 Å². The van der Waals surface area contributed by atoms with E-state index in [0.717, 1.165) is 18.5 Å².